The van der Waals surface area contributed by atoms with Crippen LogP contribution < -0.4 is 9.64 Å². The summed E-state index contributed by atoms with van der Waals surface area (Å²) in [4.78, 5) is 2.25. The number of ether oxygens (including phenoxy) is 1. The molecule has 0 amide bonds. The Morgan fingerprint density at radius 1 is 1.14 bits per heavy atom. The van der Waals surface area contributed by atoms with E-state index in [-0.39, 0.29) is 11.9 Å². The van der Waals surface area contributed by atoms with Crippen LogP contribution in [0.4, 0.5) is 5.69 Å². The molecule has 22 heavy (non-hydrogen) atoms. The summed E-state index contributed by atoms with van der Waals surface area (Å²) in [7, 11) is 1.71. The van der Waals surface area contributed by atoms with Crippen LogP contribution in [0.5, 0.6) is 5.75 Å². The van der Waals surface area contributed by atoms with Gasteiger partial charge in [-0.2, -0.15) is 0 Å². The first-order valence-electron chi connectivity index (χ1n) is 8.29. The zero-order valence-electron chi connectivity index (χ0n) is 13.7. The van der Waals surface area contributed by atoms with Crippen LogP contribution >= 0.6 is 15.9 Å². The van der Waals surface area contributed by atoms with Crippen molar-refractivity contribution in [3.05, 3.63) is 58.1 Å². The van der Waals surface area contributed by atoms with E-state index in [4.69, 9.17) is 6.11 Å². The van der Waals surface area contributed by atoms with Crippen molar-refractivity contribution in [1.82, 2.24) is 0 Å². The number of benzene rings is 2. The van der Waals surface area contributed by atoms with Crippen molar-refractivity contribution >= 4 is 21.6 Å². The second kappa shape index (κ2) is 5.31. The number of hydrogen-bond donors (Lipinski definition) is 0. The normalized spacial score (nSPS) is 27.1. The van der Waals surface area contributed by atoms with E-state index in [1.807, 2.05) is 6.07 Å². The van der Waals surface area contributed by atoms with E-state index in [0.717, 1.165) is 41.7 Å². The Hall–Kier alpha value is -1.48. The molecule has 0 bridgehead atoms. The van der Waals surface area contributed by atoms with E-state index in [0.29, 0.717) is 0 Å². The Bertz CT molecular complexity index is 733. The molecule has 1 aliphatic heterocycles. The quantitative estimate of drug-likeness (QED) is 0.785. The van der Waals surface area contributed by atoms with Gasteiger partial charge in [-0.3, -0.25) is 0 Å². The first-order valence-corrected chi connectivity index (χ1v) is 8.51. The second-order valence-electron chi connectivity index (χ2n) is 6.40. The third-order valence-electron chi connectivity index (χ3n) is 4.94. The first-order chi connectivity index (χ1) is 11.1. The van der Waals surface area contributed by atoms with Crippen LogP contribution in [0, 0.1) is 5.41 Å². The van der Waals surface area contributed by atoms with Gasteiger partial charge in [0.25, 0.3) is 0 Å². The highest BCUT2D eigenvalue weighted by atomic mass is 79.9. The van der Waals surface area contributed by atoms with Gasteiger partial charge in [0.2, 0.25) is 0 Å². The summed E-state index contributed by atoms with van der Waals surface area (Å²) in [6.45, 7) is 0.767. The monoisotopic (exact) mass is 358 g/mol. The van der Waals surface area contributed by atoms with Crippen molar-refractivity contribution in [2.24, 2.45) is 5.41 Å². The predicted molar refractivity (Wildman–Crippen MR) is 93.8 cm³/mol. The molecule has 2 unspecified atom stereocenters. The van der Waals surface area contributed by atoms with E-state index in [9.17, 15) is 0 Å². The number of fused-ring (bicyclic) bond motifs is 1. The van der Waals surface area contributed by atoms with Gasteiger partial charge in [-0.1, -0.05) is 22.0 Å². The van der Waals surface area contributed by atoms with Gasteiger partial charge < -0.3 is 9.64 Å². The number of nitrogens with zero attached hydrogens (tertiary/aromatic N) is 1. The maximum absolute atomic E-state index is 8.88. The van der Waals surface area contributed by atoms with Crippen molar-refractivity contribution in [1.29, 1.82) is 0 Å². The Balaban J connectivity index is 1.60. The Labute approximate surface area is 141 Å². The zero-order chi connectivity index (χ0) is 16.0. The fourth-order valence-corrected chi connectivity index (χ4v) is 4.06. The molecule has 0 aromatic heterocycles. The van der Waals surface area contributed by atoms with Gasteiger partial charge in [0.15, 0.2) is 0 Å². The number of hydrogen-bond acceptors (Lipinski definition) is 2. The molecule has 0 saturated carbocycles. The topological polar surface area (TPSA) is 12.5 Å². The summed E-state index contributed by atoms with van der Waals surface area (Å²) in [6, 6.07) is 14.7. The molecule has 1 fully saturated rings. The maximum Gasteiger partial charge on any atom is 0.119 e. The molecule has 4 rings (SSSR count). The SMILES string of the molecule is [2H]C1N(c2ccc(Br)cc2)CCC12Cc1ccc(OC)cc1C2. The minimum absolute atomic E-state index is 0.0434. The molecule has 2 aromatic carbocycles. The van der Waals surface area contributed by atoms with E-state index in [1.165, 1.54) is 11.1 Å². The number of halogens is 1. The Kier molecular flexibility index (Phi) is 3.14. The largest absolute Gasteiger partial charge is 0.497 e. The van der Waals surface area contributed by atoms with Crippen LogP contribution in [0.2, 0.25) is 0 Å². The molecular formula is C19H20BrNO. The van der Waals surface area contributed by atoms with Gasteiger partial charge in [-0.05, 0) is 72.2 Å². The molecule has 0 N–H and O–H groups in total. The maximum atomic E-state index is 8.88. The lowest BCUT2D eigenvalue weighted by Crippen LogP contribution is -2.27. The van der Waals surface area contributed by atoms with Crippen molar-refractivity contribution in [3.63, 3.8) is 0 Å². The van der Waals surface area contributed by atoms with Crippen LogP contribution in [0.25, 0.3) is 0 Å². The highest BCUT2D eigenvalue weighted by molar-refractivity contribution is 9.10. The fourth-order valence-electron chi connectivity index (χ4n) is 3.79. The Morgan fingerprint density at radius 3 is 2.68 bits per heavy atom. The lowest BCUT2D eigenvalue weighted by molar-refractivity contribution is 0.349. The molecule has 1 saturated heterocycles. The van der Waals surface area contributed by atoms with Crippen molar-refractivity contribution in [2.75, 3.05) is 25.1 Å². The smallest absolute Gasteiger partial charge is 0.119 e. The number of anilines is 1. The van der Waals surface area contributed by atoms with E-state index in [1.54, 1.807) is 7.11 Å². The summed E-state index contributed by atoms with van der Waals surface area (Å²) < 4.78 is 15.3. The van der Waals surface area contributed by atoms with E-state index in [2.05, 4.69) is 57.2 Å². The summed E-state index contributed by atoms with van der Waals surface area (Å²) in [5, 5.41) is 0. The average Bonchev–Trinajstić information content (AvgIpc) is 3.09. The molecule has 2 aliphatic rings. The summed E-state index contributed by atoms with van der Waals surface area (Å²) in [5.41, 5.74) is 3.94. The van der Waals surface area contributed by atoms with Crippen molar-refractivity contribution < 1.29 is 6.11 Å². The van der Waals surface area contributed by atoms with Crippen LogP contribution in [-0.4, -0.2) is 20.2 Å². The molecule has 1 aliphatic carbocycles. The standard InChI is InChI=1S/C19H20BrNO/c1-22-18-7-2-14-11-19(12-15(14)10-18)8-9-21(13-19)17-5-3-16(20)4-6-17/h2-7,10H,8-9,11-13H2,1H3/i13D. The van der Waals surface area contributed by atoms with Gasteiger partial charge in [-0.25, -0.2) is 0 Å². The van der Waals surface area contributed by atoms with Gasteiger partial charge >= 0.3 is 0 Å². The molecule has 1 spiro atoms. The lowest BCUT2D eigenvalue weighted by atomic mass is 9.84. The van der Waals surface area contributed by atoms with Crippen molar-refractivity contribution in [2.45, 2.75) is 19.3 Å². The van der Waals surface area contributed by atoms with Crippen LogP contribution in [0.3, 0.4) is 0 Å². The van der Waals surface area contributed by atoms with Gasteiger partial charge in [0, 0.05) is 24.6 Å². The molecule has 3 heteroatoms. The number of methoxy groups -OCH3 is 1. The molecule has 0 radical (unpaired) electrons. The second-order valence-corrected chi connectivity index (χ2v) is 7.32. The molecule has 2 nitrogen and oxygen atoms in total. The minimum Gasteiger partial charge on any atom is -0.497 e. The highest BCUT2D eigenvalue weighted by Crippen LogP contribution is 2.45. The molecule has 1 heterocycles. The summed E-state index contributed by atoms with van der Waals surface area (Å²) >= 11 is 3.48. The van der Waals surface area contributed by atoms with Gasteiger partial charge in [0.05, 0.1) is 7.11 Å². The average molecular weight is 359 g/mol. The van der Waals surface area contributed by atoms with E-state index >= 15 is 0 Å². The highest BCUT2D eigenvalue weighted by Gasteiger charge is 2.42. The lowest BCUT2D eigenvalue weighted by Gasteiger charge is -2.25. The van der Waals surface area contributed by atoms with E-state index < -0.39 is 0 Å². The summed E-state index contributed by atoms with van der Waals surface area (Å²) in [6.07, 6.45) is 3.07. The predicted octanol–water partition coefficient (Wildman–Crippen LogP) is 4.45. The van der Waals surface area contributed by atoms with Crippen LogP contribution in [0.15, 0.2) is 46.9 Å². The van der Waals surface area contributed by atoms with Crippen molar-refractivity contribution in [3.8, 4) is 5.75 Å². The number of rotatable bonds is 2. The molecule has 2 aromatic rings. The van der Waals surface area contributed by atoms with Crippen LogP contribution in [-0.2, 0) is 12.8 Å². The minimum atomic E-state index is -0.193. The van der Waals surface area contributed by atoms with Crippen LogP contribution in [0.1, 0.15) is 18.9 Å². The third kappa shape index (κ3) is 2.41. The Morgan fingerprint density at radius 2 is 1.91 bits per heavy atom. The van der Waals surface area contributed by atoms with Gasteiger partial charge in [0.1, 0.15) is 5.75 Å². The van der Waals surface area contributed by atoms with Gasteiger partial charge in [-0.15, -0.1) is 0 Å². The molecule has 2 atom stereocenters. The third-order valence-corrected chi connectivity index (χ3v) is 5.47. The fraction of sp³-hybridized carbons (Fsp3) is 0.368. The molecular weight excluding hydrogens is 338 g/mol. The summed E-state index contributed by atoms with van der Waals surface area (Å²) in [5.74, 6) is 0.921. The zero-order valence-corrected chi connectivity index (χ0v) is 14.3. The molecule has 114 valence electrons. The first kappa shape index (κ1) is 13.0.